The number of nitrogens with two attached hydrogens (primary N) is 1. The van der Waals surface area contributed by atoms with Crippen LogP contribution in [0.25, 0.3) is 5.57 Å². The smallest absolute Gasteiger partial charge is 0.404 e. The molecule has 4 nitrogen and oxygen atoms in total. The highest BCUT2D eigenvalue weighted by Crippen LogP contribution is 2.46. The van der Waals surface area contributed by atoms with Gasteiger partial charge in [0.1, 0.15) is 0 Å². The first-order valence-electron chi connectivity index (χ1n) is 8.37. The molecule has 0 radical (unpaired) electrons. The number of alkyl halides is 3. The van der Waals surface area contributed by atoms with Crippen LogP contribution in [0.2, 0.25) is 5.02 Å². The molecule has 0 saturated carbocycles. The largest absolute Gasteiger partial charge is 0.404 e. The molecular formula is C20H17ClF3N3O. The molecule has 0 saturated heterocycles. The van der Waals surface area contributed by atoms with Crippen LogP contribution >= 0.6 is 11.6 Å². The fourth-order valence-electron chi connectivity index (χ4n) is 3.24. The Balaban J connectivity index is 1.95. The fourth-order valence-corrected chi connectivity index (χ4v) is 3.48. The minimum Gasteiger partial charge on any atom is -0.404 e. The van der Waals surface area contributed by atoms with Crippen molar-refractivity contribution in [3.05, 3.63) is 70.4 Å². The van der Waals surface area contributed by atoms with Crippen LogP contribution in [0.3, 0.4) is 0 Å². The molecule has 3 rings (SSSR count). The van der Waals surface area contributed by atoms with Crippen molar-refractivity contribution < 1.29 is 18.0 Å². The van der Waals surface area contributed by atoms with E-state index in [1.165, 1.54) is 24.4 Å². The Morgan fingerprint density at radius 2 is 2.00 bits per heavy atom. The third-order valence-electron chi connectivity index (χ3n) is 4.54. The summed E-state index contributed by atoms with van der Waals surface area (Å²) in [5.41, 5.74) is 7.68. The number of hydrogen-bond acceptors (Lipinski definition) is 3. The first-order chi connectivity index (χ1) is 13.3. The van der Waals surface area contributed by atoms with Crippen LogP contribution in [-0.2, 0) is 11.3 Å². The molecule has 0 aromatic heterocycles. The summed E-state index contributed by atoms with van der Waals surface area (Å²) in [5, 5.41) is 0.321. The molecule has 146 valence electrons. The molecule has 2 aromatic carbocycles. The number of carbonyl (C=O) groups excluding carboxylic acids is 1. The summed E-state index contributed by atoms with van der Waals surface area (Å²) in [6.07, 6.45) is -1.71. The molecular weight excluding hydrogens is 391 g/mol. The molecule has 0 spiro atoms. The summed E-state index contributed by atoms with van der Waals surface area (Å²) in [6, 6.07) is 11.0. The van der Waals surface area contributed by atoms with Crippen LogP contribution in [0.1, 0.15) is 22.6 Å². The van der Waals surface area contributed by atoms with Crippen LogP contribution in [0, 0.1) is 0 Å². The molecule has 8 heteroatoms. The number of amides is 1. The first kappa shape index (κ1) is 19.9. The Kier molecular flexibility index (Phi) is 5.47. The predicted octanol–water partition coefficient (Wildman–Crippen LogP) is 4.53. The summed E-state index contributed by atoms with van der Waals surface area (Å²) in [5.74, 6) is -3.16. The average molecular weight is 408 g/mol. The molecule has 0 aliphatic carbocycles. The van der Waals surface area contributed by atoms with Gasteiger partial charge in [0.05, 0.1) is 6.54 Å². The summed E-state index contributed by atoms with van der Waals surface area (Å²) in [4.78, 5) is 17.6. The van der Waals surface area contributed by atoms with E-state index < -0.39 is 18.0 Å². The number of aliphatic imine (C=N–C) groups is 1. The van der Waals surface area contributed by atoms with Gasteiger partial charge in [-0.15, -0.1) is 0 Å². The lowest BCUT2D eigenvalue weighted by molar-refractivity contribution is -0.161. The molecule has 1 aliphatic heterocycles. The van der Waals surface area contributed by atoms with Gasteiger partial charge in [-0.2, -0.15) is 13.2 Å². The number of hydrogen-bond donors (Lipinski definition) is 1. The van der Waals surface area contributed by atoms with Gasteiger partial charge in [0.2, 0.25) is 5.91 Å². The van der Waals surface area contributed by atoms with Gasteiger partial charge in [-0.1, -0.05) is 41.9 Å². The maximum absolute atomic E-state index is 13.4. The Labute approximate surface area is 165 Å². The quantitative estimate of drug-likeness (QED) is 0.757. The minimum atomic E-state index is -4.66. The monoisotopic (exact) mass is 407 g/mol. The molecule has 1 aliphatic rings. The van der Waals surface area contributed by atoms with Crippen LogP contribution in [0.15, 0.2) is 53.7 Å². The molecule has 1 unspecified atom stereocenters. The number of allylic oxidation sites excluding steroid dienone is 1. The van der Waals surface area contributed by atoms with Crippen LogP contribution in [0.5, 0.6) is 0 Å². The lowest BCUT2D eigenvalue weighted by atomic mass is 10.0. The number of nitrogens with zero attached hydrogens (tertiary/aromatic N) is 2. The van der Waals surface area contributed by atoms with Crippen LogP contribution in [0.4, 0.5) is 18.9 Å². The van der Waals surface area contributed by atoms with Crippen molar-refractivity contribution in [2.45, 2.75) is 18.6 Å². The van der Waals surface area contributed by atoms with Gasteiger partial charge in [-0.05, 0) is 28.8 Å². The van der Waals surface area contributed by atoms with Crippen molar-refractivity contribution in [2.24, 2.45) is 10.7 Å². The van der Waals surface area contributed by atoms with Gasteiger partial charge in [-0.25, -0.2) is 0 Å². The van der Waals surface area contributed by atoms with Gasteiger partial charge in [-0.3, -0.25) is 9.79 Å². The summed E-state index contributed by atoms with van der Waals surface area (Å²) in [6.45, 7) is -0.0644. The van der Waals surface area contributed by atoms with E-state index in [4.69, 9.17) is 17.3 Å². The van der Waals surface area contributed by atoms with Crippen molar-refractivity contribution >= 4 is 35.0 Å². The first-order valence-corrected chi connectivity index (χ1v) is 8.75. The second-order valence-corrected chi connectivity index (χ2v) is 6.68. The standard InChI is InChI=1S/C20H17ClF3N3O/c1-26-10-14(9-25)12-6-7-13(16(21)8-12)11-27-17-5-3-2-4-15(17)18(19(27)28)20(22,23)24/h2-10,18H,11,25H2,1H3/b14-9+,26-10?. The molecule has 0 fully saturated rings. The van der Waals surface area contributed by atoms with Crippen LogP contribution in [-0.4, -0.2) is 25.3 Å². The second-order valence-electron chi connectivity index (χ2n) is 6.27. The van der Waals surface area contributed by atoms with E-state index in [1.54, 1.807) is 37.5 Å². The van der Waals surface area contributed by atoms with Crippen molar-refractivity contribution in [1.29, 1.82) is 0 Å². The highest BCUT2D eigenvalue weighted by molar-refractivity contribution is 6.31. The number of anilines is 1. The Hall–Kier alpha value is -2.80. The third kappa shape index (κ3) is 3.62. The van der Waals surface area contributed by atoms with Gasteiger partial charge >= 0.3 is 6.18 Å². The maximum atomic E-state index is 13.4. The Morgan fingerprint density at radius 3 is 2.61 bits per heavy atom. The normalized spacial score (nSPS) is 17.5. The topological polar surface area (TPSA) is 58.7 Å². The van der Waals surface area contributed by atoms with E-state index in [1.807, 2.05) is 0 Å². The second kappa shape index (κ2) is 7.67. The summed E-state index contributed by atoms with van der Waals surface area (Å²) in [7, 11) is 1.60. The van der Waals surface area contributed by atoms with E-state index in [0.717, 1.165) is 4.90 Å². The van der Waals surface area contributed by atoms with Gasteiger partial charge in [0.25, 0.3) is 0 Å². The lowest BCUT2D eigenvalue weighted by Gasteiger charge is -2.20. The Bertz CT molecular complexity index is 969. The van der Waals surface area contributed by atoms with E-state index >= 15 is 0 Å². The number of fused-ring (bicyclic) bond motifs is 1. The fraction of sp³-hybridized carbons (Fsp3) is 0.200. The van der Waals surface area contributed by atoms with Gasteiger partial charge in [0.15, 0.2) is 5.92 Å². The summed E-state index contributed by atoms with van der Waals surface area (Å²) >= 11 is 6.34. The lowest BCUT2D eigenvalue weighted by Crippen LogP contribution is -2.34. The zero-order chi connectivity index (χ0) is 20.5. The minimum absolute atomic E-state index is 0.0414. The van der Waals surface area contributed by atoms with Gasteiger partial charge < -0.3 is 10.6 Å². The predicted molar refractivity (Wildman–Crippen MR) is 104 cm³/mol. The van der Waals surface area contributed by atoms with E-state index in [-0.39, 0.29) is 17.8 Å². The number of halogens is 4. The maximum Gasteiger partial charge on any atom is 0.404 e. The number of rotatable bonds is 4. The van der Waals surface area contributed by atoms with Crippen molar-refractivity contribution in [1.82, 2.24) is 0 Å². The number of para-hydroxylation sites is 1. The van der Waals surface area contributed by atoms with Crippen molar-refractivity contribution in [3.8, 4) is 0 Å². The van der Waals surface area contributed by atoms with E-state index in [0.29, 0.717) is 21.7 Å². The highest BCUT2D eigenvalue weighted by atomic mass is 35.5. The zero-order valence-corrected chi connectivity index (χ0v) is 15.6. The average Bonchev–Trinajstić information content (AvgIpc) is 2.93. The van der Waals surface area contributed by atoms with E-state index in [2.05, 4.69) is 4.99 Å². The van der Waals surface area contributed by atoms with Crippen molar-refractivity contribution in [2.75, 3.05) is 11.9 Å². The molecule has 2 N–H and O–H groups in total. The Morgan fingerprint density at radius 1 is 1.29 bits per heavy atom. The van der Waals surface area contributed by atoms with Crippen molar-refractivity contribution in [3.63, 3.8) is 0 Å². The molecule has 1 amide bonds. The third-order valence-corrected chi connectivity index (χ3v) is 4.89. The number of benzene rings is 2. The van der Waals surface area contributed by atoms with Crippen LogP contribution < -0.4 is 10.6 Å². The SMILES string of the molecule is CN=C/C(=C\N)c1ccc(CN2C(=O)C(C(F)(F)F)c3ccccc32)c(Cl)c1. The van der Waals surface area contributed by atoms with Gasteiger partial charge in [0, 0.05) is 35.7 Å². The number of carbonyl (C=O) groups is 1. The van der Waals surface area contributed by atoms with E-state index in [9.17, 15) is 18.0 Å². The highest BCUT2D eigenvalue weighted by Gasteiger charge is 2.53. The molecule has 2 aromatic rings. The zero-order valence-electron chi connectivity index (χ0n) is 14.9. The molecule has 0 bridgehead atoms. The summed E-state index contributed by atoms with van der Waals surface area (Å²) < 4.78 is 40.3. The molecule has 1 atom stereocenters. The molecule has 28 heavy (non-hydrogen) atoms. The molecule has 1 heterocycles.